The van der Waals surface area contributed by atoms with Crippen LogP contribution in [0.4, 0.5) is 4.39 Å². The molecule has 124 valence electrons. The summed E-state index contributed by atoms with van der Waals surface area (Å²) >= 11 is 0. The van der Waals surface area contributed by atoms with Gasteiger partial charge in [0, 0.05) is 12.4 Å². The summed E-state index contributed by atoms with van der Waals surface area (Å²) in [7, 11) is -2.95. The van der Waals surface area contributed by atoms with Crippen LogP contribution in [0, 0.1) is 5.82 Å². The van der Waals surface area contributed by atoms with Crippen molar-refractivity contribution in [2.75, 3.05) is 7.11 Å². The standard InChI is InChI=1S/C14H16FN3O4S/c1-14(2,13(19)22-3)17-23(20,21)10-5-6-12(11(15)9-10)18-8-4-7-16-18/h4-9,17H,1-3H3. The van der Waals surface area contributed by atoms with Crippen LogP contribution in [-0.2, 0) is 19.6 Å². The Balaban J connectivity index is 2.34. The maximum Gasteiger partial charge on any atom is 0.326 e. The van der Waals surface area contributed by atoms with Crippen molar-refractivity contribution in [3.63, 3.8) is 0 Å². The number of hydrogen-bond acceptors (Lipinski definition) is 5. The Morgan fingerprint density at radius 1 is 1.39 bits per heavy atom. The van der Waals surface area contributed by atoms with E-state index < -0.39 is 27.3 Å². The molecule has 0 aliphatic rings. The van der Waals surface area contributed by atoms with Crippen molar-refractivity contribution in [2.45, 2.75) is 24.3 Å². The average molecular weight is 341 g/mol. The molecule has 0 aliphatic carbocycles. The number of rotatable bonds is 5. The summed E-state index contributed by atoms with van der Waals surface area (Å²) in [4.78, 5) is 11.3. The third-order valence-electron chi connectivity index (χ3n) is 3.07. The van der Waals surface area contributed by atoms with Crippen molar-refractivity contribution in [3.8, 4) is 5.69 Å². The molecule has 1 aromatic carbocycles. The molecule has 1 aromatic heterocycles. The lowest BCUT2D eigenvalue weighted by Crippen LogP contribution is -2.50. The number of esters is 1. The van der Waals surface area contributed by atoms with E-state index in [1.54, 1.807) is 6.07 Å². The molecule has 2 aromatic rings. The molecule has 0 saturated carbocycles. The van der Waals surface area contributed by atoms with Gasteiger partial charge in [-0.05, 0) is 38.1 Å². The van der Waals surface area contributed by atoms with Crippen molar-refractivity contribution >= 4 is 16.0 Å². The number of aromatic nitrogens is 2. The van der Waals surface area contributed by atoms with Gasteiger partial charge in [-0.3, -0.25) is 4.79 Å². The van der Waals surface area contributed by atoms with Crippen LogP contribution in [0.2, 0.25) is 0 Å². The SMILES string of the molecule is COC(=O)C(C)(C)NS(=O)(=O)c1ccc(-n2cccn2)c(F)c1. The first-order chi connectivity index (χ1) is 10.7. The summed E-state index contributed by atoms with van der Waals surface area (Å²) < 4.78 is 46.8. The Bertz CT molecular complexity index is 817. The lowest BCUT2D eigenvalue weighted by Gasteiger charge is -2.22. The second-order valence-electron chi connectivity index (χ2n) is 5.29. The van der Waals surface area contributed by atoms with Crippen LogP contribution in [-0.4, -0.2) is 36.8 Å². The van der Waals surface area contributed by atoms with E-state index in [-0.39, 0.29) is 10.6 Å². The lowest BCUT2D eigenvalue weighted by molar-refractivity contribution is -0.146. The van der Waals surface area contributed by atoms with Crippen LogP contribution >= 0.6 is 0 Å². The van der Waals surface area contributed by atoms with Crippen LogP contribution < -0.4 is 4.72 Å². The quantitative estimate of drug-likeness (QED) is 0.827. The number of halogens is 1. The van der Waals surface area contributed by atoms with E-state index in [0.29, 0.717) is 0 Å². The first kappa shape index (κ1) is 17.1. The second-order valence-corrected chi connectivity index (χ2v) is 6.97. The van der Waals surface area contributed by atoms with Gasteiger partial charge in [0.25, 0.3) is 0 Å². The monoisotopic (exact) mass is 341 g/mol. The van der Waals surface area contributed by atoms with Gasteiger partial charge in [-0.15, -0.1) is 0 Å². The Kier molecular flexibility index (Phi) is 4.53. The third kappa shape index (κ3) is 3.57. The van der Waals surface area contributed by atoms with Gasteiger partial charge in [0.1, 0.15) is 17.0 Å². The molecule has 23 heavy (non-hydrogen) atoms. The normalized spacial score (nSPS) is 12.2. The first-order valence-corrected chi connectivity index (χ1v) is 8.07. The fourth-order valence-electron chi connectivity index (χ4n) is 1.94. The summed E-state index contributed by atoms with van der Waals surface area (Å²) in [5.74, 6) is -1.51. The van der Waals surface area contributed by atoms with E-state index in [2.05, 4.69) is 14.6 Å². The van der Waals surface area contributed by atoms with Crippen molar-refractivity contribution in [2.24, 2.45) is 0 Å². The summed E-state index contributed by atoms with van der Waals surface area (Å²) in [5, 5.41) is 3.88. The van der Waals surface area contributed by atoms with E-state index in [1.165, 1.54) is 43.1 Å². The molecule has 2 rings (SSSR count). The number of benzene rings is 1. The Morgan fingerprint density at radius 2 is 2.09 bits per heavy atom. The molecule has 1 heterocycles. The number of carbonyl (C=O) groups excluding carboxylic acids is 1. The first-order valence-electron chi connectivity index (χ1n) is 6.59. The molecular weight excluding hydrogens is 325 g/mol. The number of nitrogens with one attached hydrogen (secondary N) is 1. The molecule has 0 radical (unpaired) electrons. The summed E-state index contributed by atoms with van der Waals surface area (Å²) in [6.07, 6.45) is 3.01. The zero-order chi connectivity index (χ0) is 17.3. The maximum absolute atomic E-state index is 14.2. The van der Waals surface area contributed by atoms with Gasteiger partial charge in [-0.25, -0.2) is 17.5 Å². The Hall–Kier alpha value is -2.26. The minimum absolute atomic E-state index is 0.112. The van der Waals surface area contributed by atoms with Gasteiger partial charge in [0.2, 0.25) is 10.0 Å². The molecule has 0 saturated heterocycles. The van der Waals surface area contributed by atoms with Crippen LogP contribution in [0.1, 0.15) is 13.8 Å². The van der Waals surface area contributed by atoms with Gasteiger partial charge in [-0.1, -0.05) is 0 Å². The smallest absolute Gasteiger partial charge is 0.326 e. The van der Waals surface area contributed by atoms with Crippen molar-refractivity contribution in [3.05, 3.63) is 42.5 Å². The van der Waals surface area contributed by atoms with Crippen molar-refractivity contribution < 1.29 is 22.3 Å². The molecule has 0 spiro atoms. The highest BCUT2D eigenvalue weighted by Gasteiger charge is 2.34. The summed E-state index contributed by atoms with van der Waals surface area (Å²) in [5.41, 5.74) is -1.37. The van der Waals surface area contributed by atoms with E-state index in [0.717, 1.165) is 13.2 Å². The molecule has 0 atom stereocenters. The highest BCUT2D eigenvalue weighted by atomic mass is 32.2. The van der Waals surface area contributed by atoms with Gasteiger partial charge in [-0.2, -0.15) is 9.82 Å². The molecule has 0 fully saturated rings. The molecule has 0 amide bonds. The topological polar surface area (TPSA) is 90.3 Å². The molecule has 0 bridgehead atoms. The number of carbonyl (C=O) groups is 1. The van der Waals surface area contributed by atoms with Gasteiger partial charge < -0.3 is 4.74 Å². The minimum atomic E-state index is -4.10. The van der Waals surface area contributed by atoms with Gasteiger partial charge >= 0.3 is 5.97 Å². The molecule has 0 aliphatic heterocycles. The van der Waals surface area contributed by atoms with E-state index >= 15 is 0 Å². The van der Waals surface area contributed by atoms with E-state index in [9.17, 15) is 17.6 Å². The predicted octanol–water partition coefficient (Wildman–Crippen LogP) is 1.24. The second kappa shape index (κ2) is 6.09. The fourth-order valence-corrected chi connectivity index (χ4v) is 3.32. The van der Waals surface area contributed by atoms with Crippen LogP contribution in [0.15, 0.2) is 41.6 Å². The number of methoxy groups -OCH3 is 1. The fraction of sp³-hybridized carbons (Fsp3) is 0.286. The molecule has 0 unspecified atom stereocenters. The molecular formula is C14H16FN3O4S. The van der Waals surface area contributed by atoms with E-state index in [4.69, 9.17) is 0 Å². The highest BCUT2D eigenvalue weighted by Crippen LogP contribution is 2.19. The number of hydrogen-bond donors (Lipinski definition) is 1. The van der Waals surface area contributed by atoms with Crippen LogP contribution in [0.5, 0.6) is 0 Å². The van der Waals surface area contributed by atoms with Crippen LogP contribution in [0.3, 0.4) is 0 Å². The van der Waals surface area contributed by atoms with Gasteiger partial charge in [0.15, 0.2) is 0 Å². The average Bonchev–Trinajstić information content (AvgIpc) is 2.99. The number of sulfonamides is 1. The molecule has 9 heteroatoms. The van der Waals surface area contributed by atoms with Gasteiger partial charge in [0.05, 0.1) is 12.0 Å². The van der Waals surface area contributed by atoms with Crippen molar-refractivity contribution in [1.82, 2.24) is 14.5 Å². The zero-order valence-corrected chi connectivity index (χ0v) is 13.6. The molecule has 1 N–H and O–H groups in total. The lowest BCUT2D eigenvalue weighted by atomic mass is 10.1. The highest BCUT2D eigenvalue weighted by molar-refractivity contribution is 7.89. The summed E-state index contributed by atoms with van der Waals surface area (Å²) in [6, 6.07) is 5.01. The zero-order valence-electron chi connectivity index (χ0n) is 12.8. The third-order valence-corrected chi connectivity index (χ3v) is 4.72. The largest absolute Gasteiger partial charge is 0.468 e. The molecule has 7 nitrogen and oxygen atoms in total. The van der Waals surface area contributed by atoms with Crippen LogP contribution in [0.25, 0.3) is 5.69 Å². The van der Waals surface area contributed by atoms with E-state index in [1.807, 2.05) is 0 Å². The van der Waals surface area contributed by atoms with Crippen molar-refractivity contribution in [1.29, 1.82) is 0 Å². The number of nitrogens with zero attached hydrogens (tertiary/aromatic N) is 2. The Morgan fingerprint density at radius 3 is 2.61 bits per heavy atom. The number of ether oxygens (including phenoxy) is 1. The minimum Gasteiger partial charge on any atom is -0.468 e. The Labute approximate surface area is 133 Å². The maximum atomic E-state index is 14.2. The predicted molar refractivity (Wildman–Crippen MR) is 79.9 cm³/mol. The summed E-state index contributed by atoms with van der Waals surface area (Å²) in [6.45, 7) is 2.70.